The quantitative estimate of drug-likeness (QED) is 0.365. The van der Waals surface area contributed by atoms with E-state index in [9.17, 15) is 14.4 Å². The van der Waals surface area contributed by atoms with Crippen molar-refractivity contribution >= 4 is 17.7 Å². The molecular weight excluding hydrogens is 446 g/mol. The minimum absolute atomic E-state index is 0.00337. The van der Waals surface area contributed by atoms with Crippen molar-refractivity contribution in [1.82, 2.24) is 5.32 Å². The third-order valence-electron chi connectivity index (χ3n) is 6.31. The van der Waals surface area contributed by atoms with Crippen molar-refractivity contribution in [2.75, 3.05) is 20.3 Å². The van der Waals surface area contributed by atoms with Crippen molar-refractivity contribution < 1.29 is 28.6 Å². The molecule has 1 heterocycles. The summed E-state index contributed by atoms with van der Waals surface area (Å²) >= 11 is 0. The van der Waals surface area contributed by atoms with Gasteiger partial charge in [0.25, 0.3) is 0 Å². The van der Waals surface area contributed by atoms with Gasteiger partial charge in [0.15, 0.2) is 5.78 Å². The molecule has 0 saturated carbocycles. The third kappa shape index (κ3) is 5.35. The lowest BCUT2D eigenvalue weighted by atomic mass is 9.72. The maximum absolute atomic E-state index is 13.6. The highest BCUT2D eigenvalue weighted by molar-refractivity contribution is 6.04. The fraction of sp³-hybridized carbons (Fsp3) is 0.321. The van der Waals surface area contributed by atoms with Crippen LogP contribution in [0.4, 0.5) is 0 Å². The molecule has 7 heteroatoms. The number of dihydropyridines is 1. The van der Waals surface area contributed by atoms with E-state index in [1.807, 2.05) is 37.3 Å². The van der Waals surface area contributed by atoms with E-state index in [0.29, 0.717) is 35.4 Å². The minimum Gasteiger partial charge on any atom is -0.460 e. The molecule has 35 heavy (non-hydrogen) atoms. The molecule has 0 spiro atoms. The number of Topliss-reactive ketones (excluding diaryl/α,β-unsaturated/α-hetero) is 1. The molecule has 1 aliphatic carbocycles. The Morgan fingerprint density at radius 1 is 0.971 bits per heavy atom. The first kappa shape index (κ1) is 24.4. The Hall–Kier alpha value is -3.71. The molecule has 0 aromatic heterocycles. The number of benzene rings is 2. The van der Waals surface area contributed by atoms with Crippen LogP contribution >= 0.6 is 0 Å². The van der Waals surface area contributed by atoms with E-state index < -0.39 is 17.9 Å². The normalized spacial score (nSPS) is 19.7. The zero-order valence-electron chi connectivity index (χ0n) is 20.1. The second-order valence-electron chi connectivity index (χ2n) is 8.72. The lowest BCUT2D eigenvalue weighted by Crippen LogP contribution is -2.36. The van der Waals surface area contributed by atoms with Crippen molar-refractivity contribution in [1.29, 1.82) is 0 Å². The summed E-state index contributed by atoms with van der Waals surface area (Å²) in [6, 6.07) is 16.9. The van der Waals surface area contributed by atoms with Crippen LogP contribution in [-0.2, 0) is 23.9 Å². The number of hydrogen-bond donors (Lipinski definition) is 1. The second kappa shape index (κ2) is 10.7. The molecule has 182 valence electrons. The minimum atomic E-state index is -0.586. The van der Waals surface area contributed by atoms with Crippen LogP contribution in [0.2, 0.25) is 0 Å². The fourth-order valence-electron chi connectivity index (χ4n) is 4.79. The predicted octanol–water partition coefficient (Wildman–Crippen LogP) is 4.16. The number of nitrogens with one attached hydrogen (secondary N) is 1. The number of ketones is 1. The number of carbonyl (C=O) groups excluding carboxylic acids is 3. The molecule has 2 atom stereocenters. The van der Waals surface area contributed by atoms with Gasteiger partial charge in [0.05, 0.1) is 12.2 Å². The summed E-state index contributed by atoms with van der Waals surface area (Å²) in [6.45, 7) is 3.55. The monoisotopic (exact) mass is 475 g/mol. The molecular formula is C28H29NO6. The largest absolute Gasteiger partial charge is 0.460 e. The number of methoxy groups -OCH3 is 1. The summed E-state index contributed by atoms with van der Waals surface area (Å²) in [5.74, 6) is -1.05. The van der Waals surface area contributed by atoms with Crippen LogP contribution in [0.3, 0.4) is 0 Å². The van der Waals surface area contributed by atoms with Gasteiger partial charge < -0.3 is 19.5 Å². The van der Waals surface area contributed by atoms with Crippen LogP contribution in [0.5, 0.6) is 5.75 Å². The molecule has 1 aliphatic heterocycles. The molecule has 0 unspecified atom stereocenters. The maximum Gasteiger partial charge on any atom is 0.336 e. The number of hydrogen-bond acceptors (Lipinski definition) is 7. The van der Waals surface area contributed by atoms with Crippen LogP contribution in [0, 0.1) is 0 Å². The van der Waals surface area contributed by atoms with Crippen molar-refractivity contribution in [3.8, 4) is 5.75 Å². The molecule has 0 amide bonds. The highest BCUT2D eigenvalue weighted by Gasteiger charge is 2.41. The van der Waals surface area contributed by atoms with Gasteiger partial charge in [0.2, 0.25) is 0 Å². The average molecular weight is 476 g/mol. The van der Waals surface area contributed by atoms with E-state index in [-0.39, 0.29) is 24.9 Å². The molecule has 2 aromatic rings. The Kier molecular flexibility index (Phi) is 7.46. The Bertz CT molecular complexity index is 1180. The van der Waals surface area contributed by atoms with Gasteiger partial charge in [-0.2, -0.15) is 0 Å². The summed E-state index contributed by atoms with van der Waals surface area (Å²) in [5, 5.41) is 3.34. The summed E-state index contributed by atoms with van der Waals surface area (Å²) in [4.78, 5) is 38.1. The Morgan fingerprint density at radius 3 is 2.34 bits per heavy atom. The molecule has 0 bridgehead atoms. The standard InChI is InChI=1S/C28H29NO6/c1-17-25(28(32)34-14-13-33-3)26(20-9-11-22(12-10-20)35-18(2)30)27-23(29-17)15-21(16-24(27)31)19-7-5-4-6-8-19/h4-12,21,26,29H,13-16H2,1-3H3/t21-,26+/m0/s1. The Balaban J connectivity index is 1.73. The average Bonchev–Trinajstić information content (AvgIpc) is 2.84. The third-order valence-corrected chi connectivity index (χ3v) is 6.31. The van der Waals surface area contributed by atoms with Crippen LogP contribution in [0.1, 0.15) is 49.7 Å². The van der Waals surface area contributed by atoms with Crippen LogP contribution in [-0.4, -0.2) is 38.0 Å². The van der Waals surface area contributed by atoms with Crippen LogP contribution in [0.25, 0.3) is 0 Å². The summed E-state index contributed by atoms with van der Waals surface area (Å²) < 4.78 is 15.6. The van der Waals surface area contributed by atoms with Gasteiger partial charge in [0.1, 0.15) is 12.4 Å². The molecule has 4 rings (SSSR count). The van der Waals surface area contributed by atoms with Crippen LogP contribution < -0.4 is 10.1 Å². The molecule has 0 fully saturated rings. The van der Waals surface area contributed by atoms with Gasteiger partial charge in [-0.05, 0) is 42.5 Å². The molecule has 2 aromatic carbocycles. The van der Waals surface area contributed by atoms with Gasteiger partial charge in [-0.15, -0.1) is 0 Å². The van der Waals surface area contributed by atoms with Crippen molar-refractivity contribution in [3.63, 3.8) is 0 Å². The smallest absolute Gasteiger partial charge is 0.336 e. The lowest BCUT2D eigenvalue weighted by molar-refractivity contribution is -0.140. The van der Waals surface area contributed by atoms with E-state index in [0.717, 1.165) is 16.8 Å². The zero-order valence-corrected chi connectivity index (χ0v) is 20.1. The van der Waals surface area contributed by atoms with E-state index in [1.165, 1.54) is 14.0 Å². The number of allylic oxidation sites excluding steroid dienone is 3. The van der Waals surface area contributed by atoms with E-state index >= 15 is 0 Å². The summed E-state index contributed by atoms with van der Waals surface area (Å²) in [6.07, 6.45) is 1.02. The Labute approximate surface area is 204 Å². The highest BCUT2D eigenvalue weighted by atomic mass is 16.6. The number of rotatable bonds is 7. The molecule has 1 N–H and O–H groups in total. The predicted molar refractivity (Wildman–Crippen MR) is 130 cm³/mol. The fourth-order valence-corrected chi connectivity index (χ4v) is 4.79. The van der Waals surface area contributed by atoms with Gasteiger partial charge in [0, 0.05) is 43.3 Å². The van der Waals surface area contributed by atoms with Crippen molar-refractivity contribution in [2.45, 2.75) is 38.5 Å². The molecule has 7 nitrogen and oxygen atoms in total. The van der Waals surface area contributed by atoms with Gasteiger partial charge >= 0.3 is 11.9 Å². The number of carbonyl (C=O) groups is 3. The van der Waals surface area contributed by atoms with E-state index in [4.69, 9.17) is 14.2 Å². The first-order chi connectivity index (χ1) is 16.9. The zero-order chi connectivity index (χ0) is 24.9. The molecule has 0 radical (unpaired) electrons. The summed E-state index contributed by atoms with van der Waals surface area (Å²) in [5.41, 5.74) is 4.33. The topological polar surface area (TPSA) is 90.9 Å². The van der Waals surface area contributed by atoms with Gasteiger partial charge in [-0.1, -0.05) is 42.5 Å². The molecule has 0 saturated heterocycles. The Morgan fingerprint density at radius 2 is 1.69 bits per heavy atom. The highest BCUT2D eigenvalue weighted by Crippen LogP contribution is 2.45. The second-order valence-corrected chi connectivity index (χ2v) is 8.72. The van der Waals surface area contributed by atoms with Gasteiger partial charge in [-0.3, -0.25) is 9.59 Å². The van der Waals surface area contributed by atoms with Crippen molar-refractivity contribution in [3.05, 3.63) is 88.3 Å². The first-order valence-corrected chi connectivity index (χ1v) is 11.6. The van der Waals surface area contributed by atoms with Crippen LogP contribution in [0.15, 0.2) is 77.1 Å². The SMILES string of the molecule is COCCOC(=O)C1=C(C)NC2=C(C(=O)C[C@@H](c3ccccc3)C2)[C@@H]1c1ccc(OC(C)=O)cc1. The van der Waals surface area contributed by atoms with Gasteiger partial charge in [-0.25, -0.2) is 4.79 Å². The number of esters is 2. The van der Waals surface area contributed by atoms with Crippen molar-refractivity contribution in [2.24, 2.45) is 0 Å². The maximum atomic E-state index is 13.6. The molecule has 2 aliphatic rings. The lowest BCUT2D eigenvalue weighted by Gasteiger charge is -2.36. The summed E-state index contributed by atoms with van der Waals surface area (Å²) in [7, 11) is 1.54. The van der Waals surface area contributed by atoms with E-state index in [1.54, 1.807) is 24.3 Å². The number of ether oxygens (including phenoxy) is 3. The first-order valence-electron chi connectivity index (χ1n) is 11.6. The van der Waals surface area contributed by atoms with E-state index in [2.05, 4.69) is 5.32 Å².